The maximum absolute atomic E-state index is 12.0. The van der Waals surface area contributed by atoms with Crippen LogP contribution in [0.2, 0.25) is 0 Å². The number of hydrogen-bond acceptors (Lipinski definition) is 3. The molecule has 0 spiro atoms. The van der Waals surface area contributed by atoms with Gasteiger partial charge in [0.25, 0.3) is 5.56 Å². The van der Waals surface area contributed by atoms with E-state index >= 15 is 0 Å². The van der Waals surface area contributed by atoms with Crippen LogP contribution in [0.15, 0.2) is 32.5 Å². The van der Waals surface area contributed by atoms with E-state index in [2.05, 4.69) is 15.0 Å². The first-order valence-corrected chi connectivity index (χ1v) is 6.72. The number of aromatic amines is 1. The topological polar surface area (TPSA) is 94.8 Å². The molecule has 0 saturated heterocycles. The summed E-state index contributed by atoms with van der Waals surface area (Å²) in [6.07, 6.45) is 0.660. The van der Waals surface area contributed by atoms with Crippen molar-refractivity contribution in [1.29, 1.82) is 0 Å². The van der Waals surface area contributed by atoms with Crippen LogP contribution in [0.25, 0.3) is 32.3 Å². The minimum Gasteiger partial charge on any atom is -0.460 e. The Morgan fingerprint density at radius 1 is 1.38 bits per heavy atom. The SMILES string of the molecule is CCc1cc2c([nH]c1=O)c(C)cc1cc(CN=[N+]=[N-])oc12. The van der Waals surface area contributed by atoms with Crippen molar-refractivity contribution in [2.75, 3.05) is 0 Å². The molecule has 0 radical (unpaired) electrons. The molecule has 2 aromatic heterocycles. The van der Waals surface area contributed by atoms with Gasteiger partial charge in [-0.15, -0.1) is 0 Å². The molecule has 2 heterocycles. The summed E-state index contributed by atoms with van der Waals surface area (Å²) in [7, 11) is 0. The molecule has 0 atom stereocenters. The second kappa shape index (κ2) is 5.00. The quantitative estimate of drug-likeness (QED) is 0.447. The molecular formula is C15H14N4O2. The Morgan fingerprint density at radius 3 is 2.90 bits per heavy atom. The van der Waals surface area contributed by atoms with E-state index in [0.717, 1.165) is 27.4 Å². The lowest BCUT2D eigenvalue weighted by molar-refractivity contribution is 0.554. The van der Waals surface area contributed by atoms with Crippen LogP contribution in [0.1, 0.15) is 23.8 Å². The number of fused-ring (bicyclic) bond motifs is 3. The molecule has 106 valence electrons. The zero-order chi connectivity index (χ0) is 15.0. The van der Waals surface area contributed by atoms with E-state index in [1.807, 2.05) is 32.0 Å². The largest absolute Gasteiger partial charge is 0.460 e. The summed E-state index contributed by atoms with van der Waals surface area (Å²) in [5.74, 6) is 0.610. The highest BCUT2D eigenvalue weighted by molar-refractivity contribution is 6.04. The van der Waals surface area contributed by atoms with Gasteiger partial charge < -0.3 is 9.40 Å². The Kier molecular flexibility index (Phi) is 3.16. The van der Waals surface area contributed by atoms with Gasteiger partial charge in [0.15, 0.2) is 0 Å². The first kappa shape index (κ1) is 13.3. The van der Waals surface area contributed by atoms with Crippen molar-refractivity contribution in [3.8, 4) is 0 Å². The fourth-order valence-corrected chi connectivity index (χ4v) is 2.59. The van der Waals surface area contributed by atoms with Crippen molar-refractivity contribution in [3.05, 3.63) is 55.9 Å². The average Bonchev–Trinajstić information content (AvgIpc) is 2.87. The van der Waals surface area contributed by atoms with Gasteiger partial charge in [0.1, 0.15) is 11.3 Å². The summed E-state index contributed by atoms with van der Waals surface area (Å²) >= 11 is 0. The Hall–Kier alpha value is -2.72. The van der Waals surface area contributed by atoms with E-state index in [4.69, 9.17) is 9.95 Å². The second-order valence-electron chi connectivity index (χ2n) is 4.98. The summed E-state index contributed by atoms with van der Waals surface area (Å²) < 4.78 is 5.79. The lowest BCUT2D eigenvalue weighted by Gasteiger charge is -2.05. The number of pyridine rings is 1. The van der Waals surface area contributed by atoms with Gasteiger partial charge in [0.2, 0.25) is 0 Å². The minimum absolute atomic E-state index is 0.0617. The molecule has 6 nitrogen and oxygen atoms in total. The number of nitrogens with zero attached hydrogens (tertiary/aromatic N) is 3. The van der Waals surface area contributed by atoms with Crippen molar-refractivity contribution < 1.29 is 4.42 Å². The van der Waals surface area contributed by atoms with E-state index < -0.39 is 0 Å². The molecule has 1 aromatic carbocycles. The third-order valence-electron chi connectivity index (χ3n) is 3.61. The Labute approximate surface area is 120 Å². The van der Waals surface area contributed by atoms with Crippen molar-refractivity contribution in [2.45, 2.75) is 26.8 Å². The second-order valence-corrected chi connectivity index (χ2v) is 4.98. The molecule has 0 aliphatic rings. The van der Waals surface area contributed by atoms with Gasteiger partial charge in [0, 0.05) is 21.2 Å². The number of nitrogens with one attached hydrogen (secondary N) is 1. The van der Waals surface area contributed by atoms with Crippen molar-refractivity contribution in [1.82, 2.24) is 4.98 Å². The fourth-order valence-electron chi connectivity index (χ4n) is 2.59. The molecule has 0 unspecified atom stereocenters. The molecule has 0 fully saturated rings. The highest BCUT2D eigenvalue weighted by Crippen LogP contribution is 2.30. The molecule has 0 aliphatic carbocycles. The monoisotopic (exact) mass is 282 g/mol. The zero-order valence-corrected chi connectivity index (χ0v) is 11.8. The third-order valence-corrected chi connectivity index (χ3v) is 3.61. The van der Waals surface area contributed by atoms with Crippen LogP contribution >= 0.6 is 0 Å². The van der Waals surface area contributed by atoms with Crippen molar-refractivity contribution in [3.63, 3.8) is 0 Å². The van der Waals surface area contributed by atoms with Crippen LogP contribution in [0.3, 0.4) is 0 Å². The highest BCUT2D eigenvalue weighted by Gasteiger charge is 2.12. The number of azide groups is 1. The summed E-state index contributed by atoms with van der Waals surface area (Å²) in [5.41, 5.74) is 11.5. The van der Waals surface area contributed by atoms with Gasteiger partial charge >= 0.3 is 0 Å². The standard InChI is InChI=1S/C15H14N4O2/c1-3-9-6-12-13(18-15(9)20)8(2)4-10-5-11(7-17-19-16)21-14(10)12/h4-6H,3,7H2,1-2H3,(H,18,20). The van der Waals surface area contributed by atoms with Crippen LogP contribution in [0.5, 0.6) is 0 Å². The fraction of sp³-hybridized carbons (Fsp3) is 0.267. The molecule has 0 amide bonds. The lowest BCUT2D eigenvalue weighted by Crippen LogP contribution is -2.11. The molecule has 0 bridgehead atoms. The Bertz CT molecular complexity index is 946. The van der Waals surface area contributed by atoms with E-state index in [1.165, 1.54) is 0 Å². The van der Waals surface area contributed by atoms with Gasteiger partial charge in [-0.1, -0.05) is 12.0 Å². The van der Waals surface area contributed by atoms with Crippen LogP contribution in [0.4, 0.5) is 0 Å². The molecule has 3 aromatic rings. The number of H-pyrrole nitrogens is 1. The van der Waals surface area contributed by atoms with Crippen molar-refractivity contribution >= 4 is 21.9 Å². The summed E-state index contributed by atoms with van der Waals surface area (Å²) in [6, 6.07) is 5.71. The van der Waals surface area contributed by atoms with E-state index in [9.17, 15) is 4.79 Å². The number of rotatable bonds is 3. The normalized spacial score (nSPS) is 11.0. The molecule has 3 rings (SSSR count). The summed E-state index contributed by atoms with van der Waals surface area (Å²) in [5, 5.41) is 5.34. The molecular weight excluding hydrogens is 268 g/mol. The zero-order valence-electron chi connectivity index (χ0n) is 11.8. The predicted octanol–water partition coefficient (Wildman–Crippen LogP) is 3.96. The van der Waals surface area contributed by atoms with Crippen LogP contribution in [-0.4, -0.2) is 4.98 Å². The molecule has 1 N–H and O–H groups in total. The van der Waals surface area contributed by atoms with Crippen LogP contribution in [0, 0.1) is 6.92 Å². The van der Waals surface area contributed by atoms with Crippen LogP contribution in [-0.2, 0) is 13.0 Å². The summed E-state index contributed by atoms with van der Waals surface area (Å²) in [4.78, 5) is 17.6. The number of furan rings is 1. The van der Waals surface area contributed by atoms with Gasteiger partial charge in [-0.25, -0.2) is 0 Å². The Morgan fingerprint density at radius 2 is 2.19 bits per heavy atom. The first-order chi connectivity index (χ1) is 10.1. The first-order valence-electron chi connectivity index (χ1n) is 6.72. The predicted molar refractivity (Wildman–Crippen MR) is 81.3 cm³/mol. The van der Waals surface area contributed by atoms with E-state index in [-0.39, 0.29) is 12.1 Å². The lowest BCUT2D eigenvalue weighted by atomic mass is 10.0. The van der Waals surface area contributed by atoms with E-state index in [1.54, 1.807) is 0 Å². The molecule has 0 saturated carbocycles. The average molecular weight is 282 g/mol. The smallest absolute Gasteiger partial charge is 0.251 e. The Balaban J connectivity index is 2.37. The number of hydrogen-bond donors (Lipinski definition) is 1. The van der Waals surface area contributed by atoms with Crippen molar-refractivity contribution in [2.24, 2.45) is 5.11 Å². The maximum atomic E-state index is 12.0. The third kappa shape index (κ3) is 2.15. The molecule has 0 aliphatic heterocycles. The molecule has 6 heteroatoms. The minimum atomic E-state index is -0.0617. The number of aryl methyl sites for hydroxylation is 2. The number of aromatic nitrogens is 1. The van der Waals surface area contributed by atoms with Gasteiger partial charge in [-0.3, -0.25) is 4.79 Å². The van der Waals surface area contributed by atoms with Gasteiger partial charge in [-0.05, 0) is 42.6 Å². The summed E-state index contributed by atoms with van der Waals surface area (Å²) in [6.45, 7) is 4.07. The molecule has 21 heavy (non-hydrogen) atoms. The van der Waals surface area contributed by atoms with Gasteiger partial charge in [-0.2, -0.15) is 0 Å². The van der Waals surface area contributed by atoms with Gasteiger partial charge in [0.05, 0.1) is 12.1 Å². The van der Waals surface area contributed by atoms with Crippen LogP contribution < -0.4 is 5.56 Å². The maximum Gasteiger partial charge on any atom is 0.251 e. The van der Waals surface area contributed by atoms with E-state index in [0.29, 0.717) is 17.8 Å². The highest BCUT2D eigenvalue weighted by atomic mass is 16.3. The number of benzene rings is 1.